The van der Waals surface area contributed by atoms with Gasteiger partial charge in [0.25, 0.3) is 5.91 Å². The summed E-state index contributed by atoms with van der Waals surface area (Å²) in [5.74, 6) is 0.741. The highest BCUT2D eigenvalue weighted by Gasteiger charge is 2.35. The maximum atomic E-state index is 12.6. The predicted molar refractivity (Wildman–Crippen MR) is 93.8 cm³/mol. The van der Waals surface area contributed by atoms with E-state index in [-0.39, 0.29) is 11.8 Å². The molecule has 2 amide bonds. The van der Waals surface area contributed by atoms with Crippen LogP contribution in [0.25, 0.3) is 0 Å². The number of hydrogen-bond donors (Lipinski definition) is 1. The largest absolute Gasteiger partial charge is 0.323 e. The molecule has 6 heteroatoms. The minimum atomic E-state index is -0.496. The number of carbonyl (C=O) groups is 2. The molecule has 1 heterocycles. The van der Waals surface area contributed by atoms with Gasteiger partial charge in [0.2, 0.25) is 5.91 Å². The number of thioether (sulfide) groups is 1. The molecule has 0 spiro atoms. The number of rotatable bonds is 3. The molecule has 1 atom stereocenters. The van der Waals surface area contributed by atoms with E-state index in [1.54, 1.807) is 53.1 Å². The second-order valence-corrected chi connectivity index (χ2v) is 6.53. The summed E-state index contributed by atoms with van der Waals surface area (Å²) >= 11 is 7.64. The maximum Gasteiger partial charge on any atom is 0.255 e. The topological polar surface area (TPSA) is 49.4 Å². The Morgan fingerprint density at radius 3 is 2.52 bits per heavy atom. The van der Waals surface area contributed by atoms with Gasteiger partial charge in [0, 0.05) is 11.3 Å². The highest BCUT2D eigenvalue weighted by atomic mass is 35.5. The molecular weight excluding hydrogens is 332 g/mol. The van der Waals surface area contributed by atoms with Gasteiger partial charge in [0.05, 0.1) is 16.6 Å². The fourth-order valence-corrected chi connectivity index (χ4v) is 3.72. The van der Waals surface area contributed by atoms with Crippen molar-refractivity contribution in [3.8, 4) is 0 Å². The molecule has 4 nitrogen and oxygen atoms in total. The van der Waals surface area contributed by atoms with E-state index in [0.717, 1.165) is 0 Å². The van der Waals surface area contributed by atoms with Crippen molar-refractivity contribution in [1.82, 2.24) is 4.90 Å². The van der Waals surface area contributed by atoms with Gasteiger partial charge in [0.15, 0.2) is 0 Å². The summed E-state index contributed by atoms with van der Waals surface area (Å²) in [5, 5.41) is 3.29. The van der Waals surface area contributed by atoms with Gasteiger partial charge in [-0.15, -0.1) is 11.8 Å². The molecule has 0 aromatic heterocycles. The molecule has 1 saturated heterocycles. The van der Waals surface area contributed by atoms with Crippen molar-refractivity contribution in [2.75, 3.05) is 16.9 Å². The highest BCUT2D eigenvalue weighted by Crippen LogP contribution is 2.26. The number of para-hydroxylation sites is 1. The van der Waals surface area contributed by atoms with Crippen LogP contribution in [0.15, 0.2) is 54.6 Å². The monoisotopic (exact) mass is 346 g/mol. The average Bonchev–Trinajstić information content (AvgIpc) is 3.07. The van der Waals surface area contributed by atoms with Gasteiger partial charge in [-0.1, -0.05) is 41.9 Å². The average molecular weight is 347 g/mol. The van der Waals surface area contributed by atoms with Crippen LogP contribution in [0.1, 0.15) is 10.4 Å². The molecule has 1 fully saturated rings. The lowest BCUT2D eigenvalue weighted by molar-refractivity contribution is -0.119. The Morgan fingerprint density at radius 2 is 1.78 bits per heavy atom. The van der Waals surface area contributed by atoms with Crippen LogP contribution in [-0.4, -0.2) is 34.4 Å². The van der Waals surface area contributed by atoms with E-state index in [9.17, 15) is 9.59 Å². The molecule has 0 saturated carbocycles. The van der Waals surface area contributed by atoms with Gasteiger partial charge in [-0.2, -0.15) is 0 Å². The van der Waals surface area contributed by atoms with Crippen LogP contribution in [0.4, 0.5) is 5.69 Å². The lowest BCUT2D eigenvalue weighted by atomic mass is 10.1. The summed E-state index contributed by atoms with van der Waals surface area (Å²) in [6, 6.07) is 15.6. The van der Waals surface area contributed by atoms with E-state index in [1.165, 1.54) is 0 Å². The van der Waals surface area contributed by atoms with Crippen LogP contribution >= 0.6 is 23.4 Å². The van der Waals surface area contributed by atoms with Crippen LogP contribution in [-0.2, 0) is 4.79 Å². The van der Waals surface area contributed by atoms with Gasteiger partial charge >= 0.3 is 0 Å². The second-order valence-electron chi connectivity index (χ2n) is 5.13. The summed E-state index contributed by atoms with van der Waals surface area (Å²) < 4.78 is 0. The van der Waals surface area contributed by atoms with Crippen LogP contribution in [0, 0.1) is 0 Å². The zero-order valence-corrected chi connectivity index (χ0v) is 13.8. The van der Waals surface area contributed by atoms with Crippen LogP contribution in [0.3, 0.4) is 0 Å². The third-order valence-electron chi connectivity index (χ3n) is 3.60. The van der Waals surface area contributed by atoms with Crippen LogP contribution in [0.2, 0.25) is 5.02 Å². The van der Waals surface area contributed by atoms with Crippen LogP contribution < -0.4 is 5.32 Å². The molecule has 2 aromatic rings. The number of carbonyl (C=O) groups excluding carboxylic acids is 2. The van der Waals surface area contributed by atoms with E-state index in [1.807, 2.05) is 18.2 Å². The van der Waals surface area contributed by atoms with Gasteiger partial charge in [-0.3, -0.25) is 9.59 Å². The first-order chi connectivity index (χ1) is 11.2. The summed E-state index contributed by atoms with van der Waals surface area (Å²) in [4.78, 5) is 26.7. The summed E-state index contributed by atoms with van der Waals surface area (Å²) in [6.07, 6.45) is 0. The lowest BCUT2D eigenvalue weighted by Gasteiger charge is -2.23. The van der Waals surface area contributed by atoms with E-state index >= 15 is 0 Å². The summed E-state index contributed by atoms with van der Waals surface area (Å²) in [7, 11) is 0. The fraction of sp³-hybridized carbons (Fsp3) is 0.176. The number of anilines is 1. The summed E-state index contributed by atoms with van der Waals surface area (Å²) in [5.41, 5.74) is 1.15. The molecule has 0 radical (unpaired) electrons. The molecule has 0 unspecified atom stereocenters. The number of nitrogens with zero attached hydrogens (tertiary/aromatic N) is 1. The zero-order valence-electron chi connectivity index (χ0n) is 12.2. The van der Waals surface area contributed by atoms with Gasteiger partial charge in [-0.25, -0.2) is 0 Å². The molecule has 1 aliphatic heterocycles. The van der Waals surface area contributed by atoms with Crippen molar-refractivity contribution in [3.63, 3.8) is 0 Å². The van der Waals surface area contributed by atoms with Gasteiger partial charge < -0.3 is 10.2 Å². The van der Waals surface area contributed by atoms with Crippen molar-refractivity contribution >= 4 is 40.9 Å². The number of nitrogens with one attached hydrogen (secondary N) is 1. The molecule has 1 N–H and O–H groups in total. The van der Waals surface area contributed by atoms with Gasteiger partial charge in [-0.05, 0) is 24.3 Å². The Bertz CT molecular complexity index is 724. The molecule has 2 aromatic carbocycles. The predicted octanol–water partition coefficient (Wildman–Crippen LogP) is 3.49. The van der Waals surface area contributed by atoms with Crippen molar-refractivity contribution in [2.24, 2.45) is 0 Å². The fourth-order valence-electron chi connectivity index (χ4n) is 2.39. The quantitative estimate of drug-likeness (QED) is 0.925. The first kappa shape index (κ1) is 15.9. The smallest absolute Gasteiger partial charge is 0.255 e. The Hall–Kier alpha value is -1.98. The zero-order chi connectivity index (χ0) is 16.2. The summed E-state index contributed by atoms with van der Waals surface area (Å²) in [6.45, 7) is 0. The van der Waals surface area contributed by atoms with Crippen molar-refractivity contribution in [1.29, 1.82) is 0 Å². The highest BCUT2D eigenvalue weighted by molar-refractivity contribution is 7.99. The standard InChI is InChI=1S/C17H15ClN2O2S/c18-13-8-4-5-9-14(13)19-16(21)15-10-23-11-20(15)17(22)12-6-2-1-3-7-12/h1-9,15H,10-11H2,(H,19,21)/t15-/m0/s1. The minimum Gasteiger partial charge on any atom is -0.323 e. The molecular formula is C17H15ClN2O2S. The van der Waals surface area contributed by atoms with Crippen molar-refractivity contribution in [3.05, 3.63) is 65.2 Å². The minimum absolute atomic E-state index is 0.130. The van der Waals surface area contributed by atoms with Crippen molar-refractivity contribution in [2.45, 2.75) is 6.04 Å². The lowest BCUT2D eigenvalue weighted by Crippen LogP contribution is -2.44. The number of amides is 2. The first-order valence-corrected chi connectivity index (χ1v) is 8.69. The molecule has 0 bridgehead atoms. The third-order valence-corrected chi connectivity index (χ3v) is 4.94. The first-order valence-electron chi connectivity index (χ1n) is 7.16. The molecule has 1 aliphatic rings. The number of halogens is 1. The Kier molecular flexibility index (Phi) is 4.88. The van der Waals surface area contributed by atoms with E-state index in [4.69, 9.17) is 11.6 Å². The normalized spacial score (nSPS) is 17.1. The SMILES string of the molecule is O=C(Nc1ccccc1Cl)[C@@H]1CSCN1C(=O)c1ccccc1. The van der Waals surface area contributed by atoms with Crippen LogP contribution in [0.5, 0.6) is 0 Å². The van der Waals surface area contributed by atoms with E-state index in [2.05, 4.69) is 5.32 Å². The Morgan fingerprint density at radius 1 is 1.09 bits per heavy atom. The molecule has 23 heavy (non-hydrogen) atoms. The number of benzene rings is 2. The maximum absolute atomic E-state index is 12.6. The van der Waals surface area contributed by atoms with Crippen molar-refractivity contribution < 1.29 is 9.59 Å². The van der Waals surface area contributed by atoms with E-state index < -0.39 is 6.04 Å². The Balaban J connectivity index is 1.75. The third kappa shape index (κ3) is 3.51. The number of hydrogen-bond acceptors (Lipinski definition) is 3. The second kappa shape index (κ2) is 7.06. The van der Waals surface area contributed by atoms with E-state index in [0.29, 0.717) is 27.9 Å². The molecule has 3 rings (SSSR count). The molecule has 0 aliphatic carbocycles. The Labute approximate surface area is 143 Å². The molecule has 118 valence electrons. The van der Waals surface area contributed by atoms with Gasteiger partial charge in [0.1, 0.15) is 6.04 Å².